The Labute approximate surface area is 194 Å². The maximum absolute atomic E-state index is 13.0. The van der Waals surface area contributed by atoms with Crippen molar-refractivity contribution in [2.45, 2.75) is 38.7 Å². The van der Waals surface area contributed by atoms with Crippen molar-refractivity contribution in [3.8, 4) is 0 Å². The minimum atomic E-state index is -0.201. The molecule has 0 saturated carbocycles. The normalized spacial score (nSPS) is 18.7. The quantitative estimate of drug-likeness (QED) is 0.708. The summed E-state index contributed by atoms with van der Waals surface area (Å²) in [5, 5.41) is 5.89. The molecule has 33 heavy (non-hydrogen) atoms. The van der Waals surface area contributed by atoms with Gasteiger partial charge in [-0.05, 0) is 62.4 Å². The van der Waals surface area contributed by atoms with Crippen molar-refractivity contribution in [2.24, 2.45) is 5.92 Å². The van der Waals surface area contributed by atoms with Gasteiger partial charge >= 0.3 is 0 Å². The van der Waals surface area contributed by atoms with Crippen LogP contribution in [0.4, 0.5) is 5.69 Å². The maximum atomic E-state index is 13.0. The van der Waals surface area contributed by atoms with E-state index < -0.39 is 0 Å². The molecule has 0 aliphatic carbocycles. The van der Waals surface area contributed by atoms with Gasteiger partial charge in [0.15, 0.2) is 0 Å². The van der Waals surface area contributed by atoms with Gasteiger partial charge in [-0.3, -0.25) is 14.4 Å². The first-order valence-electron chi connectivity index (χ1n) is 11.7. The molecule has 0 spiro atoms. The molecule has 174 valence electrons. The SMILES string of the molecule is Cc1ccccc1C(=O)Nc1cccc(C(=O)N2CCC(C(=O)NCC3CCCO3)CC2)c1. The predicted octanol–water partition coefficient (Wildman–Crippen LogP) is 3.39. The molecule has 2 aliphatic rings. The average molecular weight is 450 g/mol. The lowest BCUT2D eigenvalue weighted by Crippen LogP contribution is -2.44. The largest absolute Gasteiger partial charge is 0.376 e. The topological polar surface area (TPSA) is 87.7 Å². The zero-order valence-corrected chi connectivity index (χ0v) is 19.0. The number of hydrogen-bond acceptors (Lipinski definition) is 4. The second-order valence-corrected chi connectivity index (χ2v) is 8.80. The second-order valence-electron chi connectivity index (χ2n) is 8.80. The highest BCUT2D eigenvalue weighted by atomic mass is 16.5. The zero-order chi connectivity index (χ0) is 23.2. The number of nitrogens with zero attached hydrogens (tertiary/aromatic N) is 1. The molecule has 2 aromatic rings. The van der Waals surface area contributed by atoms with E-state index in [1.54, 1.807) is 35.2 Å². The Morgan fingerprint density at radius 2 is 1.82 bits per heavy atom. The van der Waals surface area contributed by atoms with Crippen LogP contribution in [0.25, 0.3) is 0 Å². The molecule has 7 heteroatoms. The van der Waals surface area contributed by atoms with Gasteiger partial charge in [-0.2, -0.15) is 0 Å². The first kappa shape index (κ1) is 23.0. The standard InChI is InChI=1S/C26H31N3O4/c1-18-6-2-3-10-23(18)25(31)28-21-8-4-7-20(16-21)26(32)29-13-11-19(12-14-29)24(30)27-17-22-9-5-15-33-22/h2-4,6-8,10,16,19,22H,5,9,11-15,17H2,1H3,(H,27,30)(H,28,31). The van der Waals surface area contributed by atoms with Crippen LogP contribution in [0.5, 0.6) is 0 Å². The molecule has 2 N–H and O–H groups in total. The van der Waals surface area contributed by atoms with E-state index in [9.17, 15) is 14.4 Å². The number of carbonyl (C=O) groups is 3. The van der Waals surface area contributed by atoms with Crippen LogP contribution in [0.3, 0.4) is 0 Å². The molecule has 1 atom stereocenters. The summed E-state index contributed by atoms with van der Waals surface area (Å²) in [6, 6.07) is 14.4. The average Bonchev–Trinajstić information content (AvgIpc) is 3.36. The summed E-state index contributed by atoms with van der Waals surface area (Å²) in [7, 11) is 0. The van der Waals surface area contributed by atoms with E-state index in [1.165, 1.54) is 0 Å². The number of rotatable bonds is 6. The van der Waals surface area contributed by atoms with E-state index in [4.69, 9.17) is 4.74 Å². The monoisotopic (exact) mass is 449 g/mol. The van der Waals surface area contributed by atoms with Crippen molar-refractivity contribution < 1.29 is 19.1 Å². The predicted molar refractivity (Wildman–Crippen MR) is 126 cm³/mol. The molecule has 2 saturated heterocycles. The number of ether oxygens (including phenoxy) is 1. The third-order valence-electron chi connectivity index (χ3n) is 6.44. The minimum Gasteiger partial charge on any atom is -0.376 e. The van der Waals surface area contributed by atoms with Crippen LogP contribution in [0.15, 0.2) is 48.5 Å². The highest BCUT2D eigenvalue weighted by molar-refractivity contribution is 6.06. The summed E-state index contributed by atoms with van der Waals surface area (Å²) in [6.45, 7) is 4.31. The molecule has 2 aliphatic heterocycles. The molecule has 4 rings (SSSR count). The number of nitrogens with one attached hydrogen (secondary N) is 2. The van der Waals surface area contributed by atoms with Crippen LogP contribution in [-0.2, 0) is 9.53 Å². The fraction of sp³-hybridized carbons (Fsp3) is 0.423. The van der Waals surface area contributed by atoms with Gasteiger partial charge in [0, 0.05) is 49.0 Å². The van der Waals surface area contributed by atoms with Crippen molar-refractivity contribution in [2.75, 3.05) is 31.6 Å². The number of benzene rings is 2. The number of hydrogen-bond donors (Lipinski definition) is 2. The van der Waals surface area contributed by atoms with Gasteiger partial charge in [0.1, 0.15) is 0 Å². The van der Waals surface area contributed by atoms with E-state index in [0.29, 0.717) is 49.3 Å². The van der Waals surface area contributed by atoms with Crippen molar-refractivity contribution in [1.29, 1.82) is 0 Å². The van der Waals surface area contributed by atoms with Gasteiger partial charge < -0.3 is 20.3 Å². The molecule has 0 radical (unpaired) electrons. The Bertz CT molecular complexity index is 1010. The maximum Gasteiger partial charge on any atom is 0.255 e. The van der Waals surface area contributed by atoms with Crippen LogP contribution >= 0.6 is 0 Å². The third-order valence-corrected chi connectivity index (χ3v) is 6.44. The molecule has 3 amide bonds. The summed E-state index contributed by atoms with van der Waals surface area (Å²) in [4.78, 5) is 39.9. The Kier molecular flexibility index (Phi) is 7.40. The van der Waals surface area contributed by atoms with Crippen molar-refractivity contribution in [3.05, 3.63) is 65.2 Å². The smallest absolute Gasteiger partial charge is 0.255 e. The summed E-state index contributed by atoms with van der Waals surface area (Å²) in [5.41, 5.74) is 2.61. The number of amides is 3. The molecular formula is C26H31N3O4. The number of likely N-dealkylation sites (tertiary alicyclic amines) is 1. The molecule has 2 fully saturated rings. The molecule has 0 bridgehead atoms. The Hall–Kier alpha value is -3.19. The van der Waals surface area contributed by atoms with E-state index in [0.717, 1.165) is 25.0 Å². The van der Waals surface area contributed by atoms with Crippen LogP contribution in [-0.4, -0.2) is 55.0 Å². The Morgan fingerprint density at radius 1 is 1.03 bits per heavy atom. The third kappa shape index (κ3) is 5.79. The molecule has 7 nitrogen and oxygen atoms in total. The van der Waals surface area contributed by atoms with Crippen LogP contribution in [0.1, 0.15) is 52.0 Å². The number of carbonyl (C=O) groups excluding carboxylic acids is 3. The first-order valence-corrected chi connectivity index (χ1v) is 11.7. The van der Waals surface area contributed by atoms with E-state index >= 15 is 0 Å². The first-order chi connectivity index (χ1) is 16.0. The summed E-state index contributed by atoms with van der Waals surface area (Å²) in [5.74, 6) is -0.304. The van der Waals surface area contributed by atoms with Crippen molar-refractivity contribution in [1.82, 2.24) is 10.2 Å². The fourth-order valence-corrected chi connectivity index (χ4v) is 4.45. The molecule has 2 aromatic carbocycles. The van der Waals surface area contributed by atoms with Crippen LogP contribution in [0, 0.1) is 12.8 Å². The van der Waals surface area contributed by atoms with Crippen molar-refractivity contribution in [3.63, 3.8) is 0 Å². The minimum absolute atomic E-state index is 0.0542. The van der Waals surface area contributed by atoms with Gasteiger partial charge in [0.05, 0.1) is 6.10 Å². The Morgan fingerprint density at radius 3 is 2.55 bits per heavy atom. The lowest BCUT2D eigenvalue weighted by atomic mass is 9.95. The molecular weight excluding hydrogens is 418 g/mol. The van der Waals surface area contributed by atoms with E-state index in [1.807, 2.05) is 25.1 Å². The summed E-state index contributed by atoms with van der Waals surface area (Å²) in [6.07, 6.45) is 3.48. The zero-order valence-electron chi connectivity index (χ0n) is 19.0. The Balaban J connectivity index is 1.30. The lowest BCUT2D eigenvalue weighted by Gasteiger charge is -2.31. The van der Waals surface area contributed by atoms with Crippen LogP contribution in [0.2, 0.25) is 0 Å². The van der Waals surface area contributed by atoms with Gasteiger partial charge in [-0.1, -0.05) is 24.3 Å². The number of anilines is 1. The second kappa shape index (κ2) is 10.6. The number of piperidine rings is 1. The van der Waals surface area contributed by atoms with Gasteiger partial charge in [-0.15, -0.1) is 0 Å². The van der Waals surface area contributed by atoms with Gasteiger partial charge in [-0.25, -0.2) is 0 Å². The van der Waals surface area contributed by atoms with E-state index in [-0.39, 0.29) is 29.7 Å². The van der Waals surface area contributed by atoms with E-state index in [2.05, 4.69) is 10.6 Å². The highest BCUT2D eigenvalue weighted by Crippen LogP contribution is 2.21. The van der Waals surface area contributed by atoms with Crippen molar-refractivity contribution >= 4 is 23.4 Å². The van der Waals surface area contributed by atoms with Crippen LogP contribution < -0.4 is 10.6 Å². The van der Waals surface area contributed by atoms with Gasteiger partial charge in [0.25, 0.3) is 11.8 Å². The number of aryl methyl sites for hydroxylation is 1. The molecule has 1 unspecified atom stereocenters. The van der Waals surface area contributed by atoms with Gasteiger partial charge in [0.2, 0.25) is 5.91 Å². The fourth-order valence-electron chi connectivity index (χ4n) is 4.45. The summed E-state index contributed by atoms with van der Waals surface area (Å²) < 4.78 is 5.56. The lowest BCUT2D eigenvalue weighted by molar-refractivity contribution is -0.126. The highest BCUT2D eigenvalue weighted by Gasteiger charge is 2.28. The summed E-state index contributed by atoms with van der Waals surface area (Å²) >= 11 is 0. The molecule has 2 heterocycles. The molecule has 0 aromatic heterocycles.